The van der Waals surface area contributed by atoms with E-state index in [1.165, 1.54) is 18.2 Å². The van der Waals surface area contributed by atoms with Crippen molar-refractivity contribution >= 4 is 45.0 Å². The van der Waals surface area contributed by atoms with Gasteiger partial charge in [0.15, 0.2) is 0 Å². The number of nitrogens with zero attached hydrogens (tertiary/aromatic N) is 1. The van der Waals surface area contributed by atoms with E-state index in [1.54, 1.807) is 24.5 Å². The zero-order valence-electron chi connectivity index (χ0n) is 12.3. The van der Waals surface area contributed by atoms with Gasteiger partial charge in [0.05, 0.1) is 28.5 Å². The number of rotatable bonds is 2. The van der Waals surface area contributed by atoms with Gasteiger partial charge in [-0.25, -0.2) is 4.39 Å². The molecule has 0 bridgehead atoms. The summed E-state index contributed by atoms with van der Waals surface area (Å²) in [5, 5.41) is 5.02. The molecule has 24 heavy (non-hydrogen) atoms. The number of carbonyl (C=O) groups is 1. The first-order chi connectivity index (χ1) is 11.6. The molecule has 0 spiro atoms. The number of benzene rings is 2. The van der Waals surface area contributed by atoms with Crippen LogP contribution in [0.1, 0.15) is 10.4 Å². The number of pyridine rings is 1. The number of hydrogen-bond donors (Lipinski definition) is 2. The van der Waals surface area contributed by atoms with Crippen LogP contribution in [0.2, 0.25) is 5.02 Å². The highest BCUT2D eigenvalue weighted by Crippen LogP contribution is 2.33. The van der Waals surface area contributed by atoms with E-state index >= 15 is 0 Å². The molecule has 4 rings (SSSR count). The lowest BCUT2D eigenvalue weighted by atomic mass is 10.1. The van der Waals surface area contributed by atoms with Gasteiger partial charge in [-0.1, -0.05) is 23.7 Å². The van der Waals surface area contributed by atoms with Crippen LogP contribution in [0, 0.1) is 5.82 Å². The summed E-state index contributed by atoms with van der Waals surface area (Å²) in [7, 11) is 0. The molecular weight excluding hydrogens is 329 g/mol. The fourth-order valence-electron chi connectivity index (χ4n) is 2.75. The summed E-state index contributed by atoms with van der Waals surface area (Å²) in [5.41, 5.74) is 2.01. The van der Waals surface area contributed by atoms with Crippen molar-refractivity contribution in [2.45, 2.75) is 0 Å². The van der Waals surface area contributed by atoms with Gasteiger partial charge >= 0.3 is 0 Å². The van der Waals surface area contributed by atoms with E-state index in [2.05, 4.69) is 15.3 Å². The second kappa shape index (κ2) is 5.62. The molecule has 1 amide bonds. The Hall–Kier alpha value is -2.92. The van der Waals surface area contributed by atoms with Gasteiger partial charge in [-0.15, -0.1) is 0 Å². The van der Waals surface area contributed by atoms with Gasteiger partial charge in [0, 0.05) is 22.0 Å². The number of H-pyrrole nitrogens is 1. The van der Waals surface area contributed by atoms with Crippen LogP contribution in [-0.4, -0.2) is 15.9 Å². The molecule has 2 aromatic heterocycles. The van der Waals surface area contributed by atoms with Crippen molar-refractivity contribution in [1.82, 2.24) is 9.97 Å². The van der Waals surface area contributed by atoms with E-state index < -0.39 is 11.7 Å². The number of nitrogens with one attached hydrogen (secondary N) is 2. The molecule has 0 aliphatic heterocycles. The highest BCUT2D eigenvalue weighted by Gasteiger charge is 2.15. The molecule has 4 aromatic rings. The number of aromatic amines is 1. The molecule has 2 heterocycles. The van der Waals surface area contributed by atoms with Crippen molar-refractivity contribution in [2.24, 2.45) is 0 Å². The number of hydrogen-bond acceptors (Lipinski definition) is 2. The maximum atomic E-state index is 13.8. The molecule has 0 unspecified atom stereocenters. The predicted molar refractivity (Wildman–Crippen MR) is 93.0 cm³/mol. The molecule has 0 saturated heterocycles. The Morgan fingerprint density at radius 1 is 1.17 bits per heavy atom. The van der Waals surface area contributed by atoms with Crippen LogP contribution in [0.25, 0.3) is 21.8 Å². The molecule has 0 aliphatic rings. The van der Waals surface area contributed by atoms with Crippen molar-refractivity contribution in [1.29, 1.82) is 0 Å². The predicted octanol–water partition coefficient (Wildman–Crippen LogP) is 4.76. The van der Waals surface area contributed by atoms with Gasteiger partial charge in [-0.2, -0.15) is 0 Å². The third-order valence-corrected chi connectivity index (χ3v) is 4.06. The normalized spacial score (nSPS) is 11.1. The van der Waals surface area contributed by atoms with E-state index in [-0.39, 0.29) is 5.56 Å². The topological polar surface area (TPSA) is 57.8 Å². The first kappa shape index (κ1) is 14.7. The van der Waals surface area contributed by atoms with E-state index in [0.29, 0.717) is 16.2 Å². The molecule has 2 N–H and O–H groups in total. The Labute approximate surface area is 141 Å². The second-order valence-electron chi connectivity index (χ2n) is 5.36. The highest BCUT2D eigenvalue weighted by molar-refractivity contribution is 6.33. The molecule has 0 radical (unpaired) electrons. The number of halogens is 2. The van der Waals surface area contributed by atoms with Crippen LogP contribution < -0.4 is 5.32 Å². The highest BCUT2D eigenvalue weighted by atomic mass is 35.5. The van der Waals surface area contributed by atoms with Crippen LogP contribution in [0.15, 0.2) is 54.9 Å². The smallest absolute Gasteiger partial charge is 0.258 e. The molecule has 4 nitrogen and oxygen atoms in total. The van der Waals surface area contributed by atoms with Gasteiger partial charge in [-0.3, -0.25) is 9.78 Å². The number of amides is 1. The van der Waals surface area contributed by atoms with Gasteiger partial charge < -0.3 is 10.3 Å². The average molecular weight is 340 g/mol. The summed E-state index contributed by atoms with van der Waals surface area (Å²) < 4.78 is 13.8. The van der Waals surface area contributed by atoms with Gasteiger partial charge in [0.1, 0.15) is 5.82 Å². The molecule has 118 valence electrons. The SMILES string of the molecule is O=C(Nc1cc(Cl)cc2c1[nH]c1cnccc12)c1ccccc1F. The number of carbonyl (C=O) groups excluding carboxylic acids is 1. The number of aromatic nitrogens is 2. The Balaban J connectivity index is 1.85. The lowest BCUT2D eigenvalue weighted by Gasteiger charge is -2.08. The van der Waals surface area contributed by atoms with E-state index in [4.69, 9.17) is 11.6 Å². The molecule has 2 aromatic carbocycles. The average Bonchev–Trinajstić information content (AvgIpc) is 2.94. The van der Waals surface area contributed by atoms with E-state index in [9.17, 15) is 9.18 Å². The third-order valence-electron chi connectivity index (χ3n) is 3.84. The minimum atomic E-state index is -0.575. The van der Waals surface area contributed by atoms with E-state index in [0.717, 1.165) is 16.3 Å². The van der Waals surface area contributed by atoms with Gasteiger partial charge in [0.25, 0.3) is 5.91 Å². The fourth-order valence-corrected chi connectivity index (χ4v) is 2.97. The Bertz CT molecular complexity index is 1090. The number of fused-ring (bicyclic) bond motifs is 3. The van der Waals surface area contributed by atoms with Crippen molar-refractivity contribution in [3.63, 3.8) is 0 Å². The molecule has 0 saturated carbocycles. The Morgan fingerprint density at radius 3 is 2.83 bits per heavy atom. The minimum absolute atomic E-state index is 0.0246. The maximum Gasteiger partial charge on any atom is 0.258 e. The van der Waals surface area contributed by atoms with Crippen LogP contribution >= 0.6 is 11.6 Å². The summed E-state index contributed by atoms with van der Waals surface area (Å²) in [6.45, 7) is 0. The summed E-state index contributed by atoms with van der Waals surface area (Å²) in [5.74, 6) is -1.11. The zero-order chi connectivity index (χ0) is 16.7. The zero-order valence-corrected chi connectivity index (χ0v) is 13.1. The van der Waals surface area contributed by atoms with Crippen molar-refractivity contribution < 1.29 is 9.18 Å². The molecular formula is C18H11ClFN3O. The lowest BCUT2D eigenvalue weighted by Crippen LogP contribution is -2.13. The van der Waals surface area contributed by atoms with Crippen LogP contribution in [0.3, 0.4) is 0 Å². The Kier molecular flexibility index (Phi) is 3.43. The molecule has 6 heteroatoms. The molecule has 0 atom stereocenters. The maximum absolute atomic E-state index is 13.8. The molecule has 0 aliphatic carbocycles. The van der Waals surface area contributed by atoms with Crippen molar-refractivity contribution in [3.05, 3.63) is 71.3 Å². The summed E-state index contributed by atoms with van der Waals surface area (Å²) >= 11 is 6.19. The quantitative estimate of drug-likeness (QED) is 0.553. The first-order valence-electron chi connectivity index (χ1n) is 7.24. The monoisotopic (exact) mass is 339 g/mol. The van der Waals surface area contributed by atoms with Crippen molar-refractivity contribution in [3.8, 4) is 0 Å². The summed E-state index contributed by atoms with van der Waals surface area (Å²) in [6, 6.07) is 11.1. The third kappa shape index (κ3) is 2.39. The lowest BCUT2D eigenvalue weighted by molar-refractivity contribution is 0.102. The summed E-state index contributed by atoms with van der Waals surface area (Å²) in [6.07, 6.45) is 3.39. The number of anilines is 1. The first-order valence-corrected chi connectivity index (χ1v) is 7.62. The van der Waals surface area contributed by atoms with Crippen LogP contribution in [0.5, 0.6) is 0 Å². The largest absolute Gasteiger partial charge is 0.352 e. The van der Waals surface area contributed by atoms with Gasteiger partial charge in [-0.05, 0) is 30.3 Å². The molecule has 0 fully saturated rings. The fraction of sp³-hybridized carbons (Fsp3) is 0. The van der Waals surface area contributed by atoms with E-state index in [1.807, 2.05) is 12.1 Å². The van der Waals surface area contributed by atoms with Crippen LogP contribution in [0.4, 0.5) is 10.1 Å². The minimum Gasteiger partial charge on any atom is -0.352 e. The van der Waals surface area contributed by atoms with Crippen molar-refractivity contribution in [2.75, 3.05) is 5.32 Å². The van der Waals surface area contributed by atoms with Gasteiger partial charge in [0.2, 0.25) is 0 Å². The second-order valence-corrected chi connectivity index (χ2v) is 5.79. The standard InChI is InChI=1S/C18H11ClFN3O/c19-10-7-13-11-5-6-21-9-16(11)22-17(13)15(8-10)23-18(24)12-3-1-2-4-14(12)20/h1-9,22H,(H,23,24). The van der Waals surface area contributed by atoms with Crippen LogP contribution in [-0.2, 0) is 0 Å². The summed E-state index contributed by atoms with van der Waals surface area (Å²) in [4.78, 5) is 19.7. The Morgan fingerprint density at radius 2 is 2.00 bits per heavy atom.